The SMILES string of the molecule is CC(=O)[C@H]1C[C@H](O)C2=CCC[C@H](C)[C@@]2(C)[C@H]1C(C)=O. The zero-order chi connectivity index (χ0) is 14.4. The minimum absolute atomic E-state index is 0.0253. The summed E-state index contributed by atoms with van der Waals surface area (Å²) in [7, 11) is 0. The Kier molecular flexibility index (Phi) is 3.69. The Morgan fingerprint density at radius 1 is 1.32 bits per heavy atom. The number of carbonyl (C=O) groups excluding carboxylic acids is 2. The van der Waals surface area contributed by atoms with Gasteiger partial charge < -0.3 is 5.11 Å². The molecule has 106 valence electrons. The molecule has 0 heterocycles. The van der Waals surface area contributed by atoms with Gasteiger partial charge in [0, 0.05) is 17.3 Å². The maximum atomic E-state index is 12.2. The van der Waals surface area contributed by atoms with Gasteiger partial charge in [-0.3, -0.25) is 9.59 Å². The first-order valence-electron chi connectivity index (χ1n) is 7.19. The third-order valence-electron chi connectivity index (χ3n) is 5.45. The molecule has 0 aromatic rings. The molecular formula is C16H24O3. The highest BCUT2D eigenvalue weighted by Gasteiger charge is 2.55. The van der Waals surface area contributed by atoms with Crippen LogP contribution in [0.5, 0.6) is 0 Å². The maximum absolute atomic E-state index is 12.2. The molecule has 3 heteroatoms. The lowest BCUT2D eigenvalue weighted by molar-refractivity contribution is -0.140. The van der Waals surface area contributed by atoms with E-state index in [1.54, 1.807) is 13.8 Å². The summed E-state index contributed by atoms with van der Waals surface area (Å²) in [4.78, 5) is 24.1. The van der Waals surface area contributed by atoms with Gasteiger partial charge in [0.2, 0.25) is 0 Å². The van der Waals surface area contributed by atoms with Crippen molar-refractivity contribution in [3.05, 3.63) is 11.6 Å². The van der Waals surface area contributed by atoms with Crippen molar-refractivity contribution in [3.63, 3.8) is 0 Å². The molecule has 0 amide bonds. The zero-order valence-electron chi connectivity index (χ0n) is 12.3. The van der Waals surface area contributed by atoms with Crippen LogP contribution in [0, 0.1) is 23.2 Å². The summed E-state index contributed by atoms with van der Waals surface area (Å²) in [6.07, 6.45) is 3.89. The van der Waals surface area contributed by atoms with E-state index in [9.17, 15) is 14.7 Å². The van der Waals surface area contributed by atoms with E-state index in [0.717, 1.165) is 18.4 Å². The van der Waals surface area contributed by atoms with Crippen LogP contribution in [0.3, 0.4) is 0 Å². The Balaban J connectivity index is 2.55. The molecule has 0 aromatic heterocycles. The smallest absolute Gasteiger partial charge is 0.134 e. The van der Waals surface area contributed by atoms with E-state index in [-0.39, 0.29) is 28.8 Å². The highest BCUT2D eigenvalue weighted by molar-refractivity contribution is 5.89. The lowest BCUT2D eigenvalue weighted by Gasteiger charge is -2.53. The number of rotatable bonds is 2. The lowest BCUT2D eigenvalue weighted by Crippen LogP contribution is -2.53. The number of hydrogen-bond acceptors (Lipinski definition) is 3. The largest absolute Gasteiger partial charge is 0.389 e. The fraction of sp³-hybridized carbons (Fsp3) is 0.750. The molecule has 0 spiro atoms. The van der Waals surface area contributed by atoms with Crippen molar-refractivity contribution in [2.24, 2.45) is 23.2 Å². The summed E-state index contributed by atoms with van der Waals surface area (Å²) in [6, 6.07) is 0. The van der Waals surface area contributed by atoms with Gasteiger partial charge in [-0.1, -0.05) is 19.9 Å². The Hall–Kier alpha value is -0.960. The minimum atomic E-state index is -0.572. The summed E-state index contributed by atoms with van der Waals surface area (Å²) in [6.45, 7) is 7.33. The predicted octanol–water partition coefficient (Wildman–Crippen LogP) is 2.52. The van der Waals surface area contributed by atoms with Crippen molar-refractivity contribution >= 4 is 11.6 Å². The van der Waals surface area contributed by atoms with Crippen LogP contribution < -0.4 is 0 Å². The number of allylic oxidation sites excluding steroid dienone is 1. The average molecular weight is 264 g/mol. The second-order valence-corrected chi connectivity index (χ2v) is 6.48. The molecule has 2 aliphatic rings. The minimum Gasteiger partial charge on any atom is -0.389 e. The van der Waals surface area contributed by atoms with Gasteiger partial charge in [-0.15, -0.1) is 0 Å². The van der Waals surface area contributed by atoms with Crippen molar-refractivity contribution in [2.75, 3.05) is 0 Å². The fourth-order valence-electron chi connectivity index (χ4n) is 4.30. The van der Waals surface area contributed by atoms with Gasteiger partial charge in [-0.2, -0.15) is 0 Å². The van der Waals surface area contributed by atoms with Crippen molar-refractivity contribution in [1.82, 2.24) is 0 Å². The fourth-order valence-corrected chi connectivity index (χ4v) is 4.30. The van der Waals surface area contributed by atoms with Gasteiger partial charge in [0.05, 0.1) is 6.10 Å². The molecule has 0 bridgehead atoms. The average Bonchev–Trinajstić information content (AvgIpc) is 2.30. The van der Waals surface area contributed by atoms with E-state index in [4.69, 9.17) is 0 Å². The number of Topliss-reactive ketones (excluding diaryl/α,β-unsaturated/α-hetero) is 2. The summed E-state index contributed by atoms with van der Waals surface area (Å²) in [5.74, 6) is -0.199. The lowest BCUT2D eigenvalue weighted by atomic mass is 9.50. The van der Waals surface area contributed by atoms with Crippen molar-refractivity contribution in [1.29, 1.82) is 0 Å². The number of aliphatic hydroxyl groups is 1. The first-order chi connectivity index (χ1) is 8.80. The Labute approximate surface area is 115 Å². The summed E-state index contributed by atoms with van der Waals surface area (Å²) in [5.41, 5.74) is 0.627. The summed E-state index contributed by atoms with van der Waals surface area (Å²) in [5, 5.41) is 10.4. The molecule has 2 aliphatic carbocycles. The van der Waals surface area contributed by atoms with Crippen LogP contribution in [0.25, 0.3) is 0 Å². The second-order valence-electron chi connectivity index (χ2n) is 6.48. The molecule has 0 aliphatic heterocycles. The van der Waals surface area contributed by atoms with Crippen LogP contribution in [0.4, 0.5) is 0 Å². The monoisotopic (exact) mass is 264 g/mol. The number of hydrogen-bond donors (Lipinski definition) is 1. The molecule has 1 fully saturated rings. The van der Waals surface area contributed by atoms with Gasteiger partial charge in [0.15, 0.2) is 0 Å². The van der Waals surface area contributed by atoms with Gasteiger partial charge in [-0.05, 0) is 44.6 Å². The topological polar surface area (TPSA) is 54.4 Å². The predicted molar refractivity (Wildman–Crippen MR) is 73.6 cm³/mol. The normalized spacial score (nSPS) is 42.3. The maximum Gasteiger partial charge on any atom is 0.134 e. The van der Waals surface area contributed by atoms with E-state index in [1.807, 2.05) is 0 Å². The number of carbonyl (C=O) groups is 2. The summed E-state index contributed by atoms with van der Waals surface area (Å²) < 4.78 is 0. The molecule has 3 nitrogen and oxygen atoms in total. The van der Waals surface area contributed by atoms with Crippen molar-refractivity contribution < 1.29 is 14.7 Å². The number of fused-ring (bicyclic) bond motifs is 1. The molecule has 0 saturated heterocycles. The van der Waals surface area contributed by atoms with Gasteiger partial charge >= 0.3 is 0 Å². The zero-order valence-corrected chi connectivity index (χ0v) is 12.3. The Morgan fingerprint density at radius 3 is 2.47 bits per heavy atom. The van der Waals surface area contributed by atoms with Crippen LogP contribution >= 0.6 is 0 Å². The number of ketones is 2. The molecule has 0 radical (unpaired) electrons. The first kappa shape index (κ1) is 14.4. The third kappa shape index (κ3) is 2.08. The highest BCUT2D eigenvalue weighted by Crippen LogP contribution is 2.56. The number of aliphatic hydroxyl groups excluding tert-OH is 1. The highest BCUT2D eigenvalue weighted by atomic mass is 16.3. The molecule has 2 rings (SSSR count). The van der Waals surface area contributed by atoms with Crippen LogP contribution in [0.2, 0.25) is 0 Å². The van der Waals surface area contributed by atoms with Crippen LogP contribution in [0.15, 0.2) is 11.6 Å². The van der Waals surface area contributed by atoms with Crippen LogP contribution in [0.1, 0.15) is 47.0 Å². The van der Waals surface area contributed by atoms with Crippen LogP contribution in [-0.2, 0) is 9.59 Å². The Bertz CT molecular complexity index is 437. The van der Waals surface area contributed by atoms with Crippen LogP contribution in [-0.4, -0.2) is 22.8 Å². The second kappa shape index (κ2) is 4.86. The van der Waals surface area contributed by atoms with E-state index in [2.05, 4.69) is 19.9 Å². The third-order valence-corrected chi connectivity index (χ3v) is 5.45. The molecule has 5 atom stereocenters. The van der Waals surface area contributed by atoms with E-state index in [0.29, 0.717) is 12.3 Å². The molecule has 0 aromatic carbocycles. The van der Waals surface area contributed by atoms with Gasteiger partial charge in [0.1, 0.15) is 11.6 Å². The molecule has 1 N–H and O–H groups in total. The molecule has 19 heavy (non-hydrogen) atoms. The molecular weight excluding hydrogens is 240 g/mol. The molecule has 0 unspecified atom stereocenters. The Morgan fingerprint density at radius 2 is 1.95 bits per heavy atom. The first-order valence-corrected chi connectivity index (χ1v) is 7.19. The standard InChI is InChI=1S/C16H24O3/c1-9-6-5-7-13-14(19)8-12(10(2)17)15(11(3)18)16(9,13)4/h7,9,12,14-15,19H,5-6,8H2,1-4H3/t9-,12+,14-,15-,16+/m0/s1. The van der Waals surface area contributed by atoms with Gasteiger partial charge in [-0.25, -0.2) is 0 Å². The van der Waals surface area contributed by atoms with Gasteiger partial charge in [0.25, 0.3) is 0 Å². The molecule has 1 saturated carbocycles. The van der Waals surface area contributed by atoms with Crippen molar-refractivity contribution in [3.8, 4) is 0 Å². The van der Waals surface area contributed by atoms with Crippen molar-refractivity contribution in [2.45, 2.75) is 53.1 Å². The quantitative estimate of drug-likeness (QED) is 0.780. The summed E-state index contributed by atoms with van der Waals surface area (Å²) >= 11 is 0. The van der Waals surface area contributed by atoms with E-state index >= 15 is 0 Å². The van der Waals surface area contributed by atoms with E-state index < -0.39 is 6.10 Å². The van der Waals surface area contributed by atoms with E-state index in [1.165, 1.54) is 0 Å².